The number of hydrogen-bond acceptors (Lipinski definition) is 2. The molecule has 9 heterocycles. The summed E-state index contributed by atoms with van der Waals surface area (Å²) in [7, 11) is 11.3. The first-order chi connectivity index (χ1) is 49.3. The first-order valence-electron chi connectivity index (χ1n) is 39.3. The highest BCUT2D eigenvalue weighted by molar-refractivity contribution is 5.71. The van der Waals surface area contributed by atoms with Gasteiger partial charge < -0.3 is 9.80 Å². The van der Waals surface area contributed by atoms with Crippen molar-refractivity contribution in [2.45, 2.75) is 194 Å². The number of hydrogen-bond donors (Lipinski definition) is 0. The molecule has 0 saturated heterocycles. The van der Waals surface area contributed by atoms with E-state index < -0.39 is 0 Å². The van der Waals surface area contributed by atoms with Gasteiger partial charge >= 0.3 is 0 Å². The molecule has 5 aromatic carbocycles. The Hall–Kier alpha value is -8.55. The third-order valence-corrected chi connectivity index (χ3v) is 25.9. The van der Waals surface area contributed by atoms with Crippen LogP contribution in [0.5, 0.6) is 0 Å². The molecule has 0 spiro atoms. The molecule has 7 heteroatoms. The van der Waals surface area contributed by atoms with Crippen LogP contribution in [0, 0.1) is 34.6 Å². The fourth-order valence-electron chi connectivity index (χ4n) is 20.6. The number of rotatable bonds is 5. The van der Waals surface area contributed by atoms with Gasteiger partial charge in [-0.15, -0.1) is 0 Å². The number of aromatic nitrogens is 5. The Morgan fingerprint density at radius 2 is 0.525 bits per heavy atom. The smallest absolute Gasteiger partial charge is 0.213 e. The Labute approximate surface area is 604 Å². The van der Waals surface area contributed by atoms with E-state index in [1.807, 2.05) is 0 Å². The van der Waals surface area contributed by atoms with Crippen LogP contribution in [0.4, 0.5) is 11.4 Å². The lowest BCUT2D eigenvalue weighted by Crippen LogP contribution is -2.45. The van der Waals surface area contributed by atoms with Crippen molar-refractivity contribution in [1.29, 1.82) is 0 Å². The highest BCUT2D eigenvalue weighted by atomic mass is 15.2. The van der Waals surface area contributed by atoms with E-state index in [0.717, 1.165) is 17.8 Å². The zero-order valence-electron chi connectivity index (χ0n) is 62.7. The van der Waals surface area contributed by atoms with Crippen molar-refractivity contribution in [3.63, 3.8) is 0 Å². The van der Waals surface area contributed by atoms with Crippen LogP contribution in [-0.2, 0) is 99.4 Å². The minimum absolute atomic E-state index is 0.842. The van der Waals surface area contributed by atoms with Crippen molar-refractivity contribution in [1.82, 2.24) is 0 Å². The maximum Gasteiger partial charge on any atom is 0.213 e. The molecule has 101 heavy (non-hydrogen) atoms. The van der Waals surface area contributed by atoms with E-state index in [-0.39, 0.29) is 0 Å². The van der Waals surface area contributed by atoms with Crippen molar-refractivity contribution in [2.24, 2.45) is 35.2 Å². The highest BCUT2D eigenvalue weighted by Gasteiger charge is 2.41. The number of nitrogens with zero attached hydrogens (tertiary/aromatic N) is 7. The van der Waals surface area contributed by atoms with E-state index in [1.54, 1.807) is 67.3 Å². The lowest BCUT2D eigenvalue weighted by atomic mass is 9.75. The van der Waals surface area contributed by atoms with Gasteiger partial charge in [-0.3, -0.25) is 0 Å². The summed E-state index contributed by atoms with van der Waals surface area (Å²) in [5.74, 6) is 2.56. The van der Waals surface area contributed by atoms with Crippen LogP contribution in [-0.4, -0.2) is 26.2 Å². The molecule has 4 aliphatic heterocycles. The lowest BCUT2D eigenvalue weighted by Gasteiger charge is -2.35. The molecule has 3 unspecified atom stereocenters. The predicted octanol–water partition coefficient (Wildman–Crippen LogP) is 17.5. The van der Waals surface area contributed by atoms with Gasteiger partial charge in [-0.25, -0.2) is 0 Å². The van der Waals surface area contributed by atoms with Crippen LogP contribution in [0.25, 0.3) is 56.3 Å². The first-order valence-corrected chi connectivity index (χ1v) is 39.3. The second kappa shape index (κ2) is 28.4. The largest absolute Gasteiger partial charge is 0.366 e. The second-order valence-electron chi connectivity index (χ2n) is 31.7. The van der Waals surface area contributed by atoms with Crippen molar-refractivity contribution < 1.29 is 22.8 Å². The van der Waals surface area contributed by atoms with Gasteiger partial charge in [-0.05, 0) is 247 Å². The number of anilines is 2. The Kier molecular flexibility index (Phi) is 18.8. The minimum atomic E-state index is 0.842. The fourth-order valence-corrected chi connectivity index (χ4v) is 20.6. The minimum Gasteiger partial charge on any atom is -0.366 e. The third-order valence-electron chi connectivity index (χ3n) is 25.9. The highest BCUT2D eigenvalue weighted by Crippen LogP contribution is 2.47. The quantitative estimate of drug-likeness (QED) is 0.161. The van der Waals surface area contributed by atoms with Gasteiger partial charge in [-0.1, -0.05) is 91.0 Å². The molecule has 10 aromatic rings. The number of benzene rings is 5. The van der Waals surface area contributed by atoms with Crippen LogP contribution in [0.3, 0.4) is 0 Å². The summed E-state index contributed by atoms with van der Waals surface area (Å²) in [4.78, 5) is 5.19. The molecule has 0 bridgehead atoms. The van der Waals surface area contributed by atoms with Gasteiger partial charge in [0.1, 0.15) is 46.6 Å². The first kappa shape index (κ1) is 67.0. The van der Waals surface area contributed by atoms with Crippen LogP contribution in [0.1, 0.15) is 196 Å². The van der Waals surface area contributed by atoms with Crippen molar-refractivity contribution in [3.05, 3.63) is 252 Å². The van der Waals surface area contributed by atoms with Crippen LogP contribution in [0.2, 0.25) is 0 Å². The average molecular weight is 1340 g/mol. The van der Waals surface area contributed by atoms with E-state index in [1.165, 1.54) is 269 Å². The van der Waals surface area contributed by atoms with Crippen LogP contribution in [0.15, 0.2) is 152 Å². The Morgan fingerprint density at radius 1 is 0.257 bits per heavy atom. The fraction of sp³-hybridized carbons (Fsp3) is 0.415. The van der Waals surface area contributed by atoms with Crippen molar-refractivity contribution in [2.75, 3.05) is 36.0 Å². The second-order valence-corrected chi connectivity index (χ2v) is 31.7. The van der Waals surface area contributed by atoms with Gasteiger partial charge in [0.05, 0.1) is 6.42 Å². The summed E-state index contributed by atoms with van der Waals surface area (Å²) in [6.45, 7) is 16.0. The molecular weight excluding hydrogens is 1230 g/mol. The molecule has 6 aliphatic carbocycles. The maximum atomic E-state index is 2.61. The number of aryl methyl sites for hydroxylation is 10. The van der Waals surface area contributed by atoms with Gasteiger partial charge in [0.2, 0.25) is 39.9 Å². The monoisotopic (exact) mass is 1340 g/mol. The average Bonchev–Trinajstić information content (AvgIpc) is 1.75. The lowest BCUT2D eigenvalue weighted by molar-refractivity contribution is -0.669. The Balaban J connectivity index is 0.0000000980. The predicted molar refractivity (Wildman–Crippen MR) is 414 cm³/mol. The molecule has 7 nitrogen and oxygen atoms in total. The molecule has 0 saturated carbocycles. The van der Waals surface area contributed by atoms with E-state index >= 15 is 0 Å². The summed E-state index contributed by atoms with van der Waals surface area (Å²) < 4.78 is 12.3. The molecule has 10 aliphatic rings. The topological polar surface area (TPSA) is 25.9 Å². The molecule has 0 N–H and O–H groups in total. The van der Waals surface area contributed by atoms with E-state index in [9.17, 15) is 0 Å². The van der Waals surface area contributed by atoms with Crippen LogP contribution < -0.4 is 32.6 Å². The summed E-state index contributed by atoms with van der Waals surface area (Å²) in [5.41, 5.74) is 44.8. The molecule has 0 radical (unpaired) electrons. The van der Waals surface area contributed by atoms with Gasteiger partial charge in [-0.2, -0.15) is 22.8 Å². The van der Waals surface area contributed by atoms with Crippen LogP contribution >= 0.6 is 0 Å². The normalized spacial score (nSPS) is 18.6. The van der Waals surface area contributed by atoms with E-state index in [2.05, 4.69) is 254 Å². The molecule has 0 amide bonds. The van der Waals surface area contributed by atoms with E-state index in [0.29, 0.717) is 0 Å². The van der Waals surface area contributed by atoms with Gasteiger partial charge in [0.15, 0.2) is 17.1 Å². The molecule has 3 atom stereocenters. The summed E-state index contributed by atoms with van der Waals surface area (Å²) >= 11 is 0. The maximum absolute atomic E-state index is 2.61. The Morgan fingerprint density at radius 3 is 0.921 bits per heavy atom. The summed E-state index contributed by atoms with van der Waals surface area (Å²) in [6, 6.07) is 56.1. The Bertz CT molecular complexity index is 4610. The third kappa shape index (κ3) is 12.4. The summed E-state index contributed by atoms with van der Waals surface area (Å²) in [5, 5.41) is 0. The number of pyridine rings is 5. The van der Waals surface area contributed by atoms with Gasteiger partial charge in [0.25, 0.3) is 0 Å². The van der Waals surface area contributed by atoms with Crippen molar-refractivity contribution >= 4 is 11.4 Å². The SMILES string of the molecule is Cc1ccccc1-c1cc2c3c([n+]1C)CCC3CC2.Cc1ccccc1-c1cc2c3c([n+]1C)CCC3CCC2.Cc1ccccc1-c1cc2c3c([n+]1C)CCCC3CCC2.Cc1ccccc1-c1cc2c3c([n+]1C)CCCN3CCC2.Cc1ccccc1-c1cc2c3c([n+]1C)CCN3CCC2. The van der Waals surface area contributed by atoms with E-state index in [4.69, 9.17) is 0 Å². The van der Waals surface area contributed by atoms with Crippen molar-refractivity contribution in [3.8, 4) is 56.3 Å². The molecule has 5 aromatic heterocycles. The molecule has 0 fully saturated rings. The molecule has 20 rings (SSSR count). The standard InChI is InChI=1S/C20H24N.C19H23N2.C19H22N.C18H21N2.C18H20N/c1-14-7-3-4-11-17(14)19-13-16-10-5-8-15-9-6-12-18(20(15)16)21(19)2;1-14-7-3-4-9-16(14)18-13-15-8-5-11-21-12-6-10-17(19(15)21)20(18)2;1-13-6-3-4-9-16(13)18-12-15-8-5-7-14-10-11-17(19(14)15)20(18)2;1-13-6-3-4-8-15(13)17-12-14-7-5-10-20-11-9-16(18(14)20)19(17)2;1-12-5-3-4-6-15(12)17-11-14-8-7-13-9-10-16(18(13)14)19(17)2/h3-4,7,11,13,15H,5-6,8-10,12H2,1-2H3;3-4,7,9,13H,5-6,8,10-12H2,1-2H3;3-4,6,9,12,14H,5,7-8,10-11H2,1-2H3;3-4,6,8,12H,5,7,9-11H2,1-2H3;3-6,11,13H,7-10H2,1-2H3/q5*+1. The van der Waals surface area contributed by atoms with Gasteiger partial charge in [0, 0.05) is 127 Å². The zero-order chi connectivity index (χ0) is 69.2. The summed E-state index contributed by atoms with van der Waals surface area (Å²) in [6.07, 6.45) is 28.8. The zero-order valence-corrected chi connectivity index (χ0v) is 62.7. The molecule has 516 valence electrons. The molecular formula is C94H110N7+5.